The highest BCUT2D eigenvalue weighted by Crippen LogP contribution is 2.18. The number of carbonyl (C=O) groups excluding carboxylic acids is 2. The highest BCUT2D eigenvalue weighted by molar-refractivity contribution is 6.08. The van der Waals surface area contributed by atoms with Gasteiger partial charge in [-0.05, 0) is 30.2 Å². The molecule has 0 heterocycles. The van der Waals surface area contributed by atoms with Crippen LogP contribution in [0.25, 0.3) is 6.08 Å². The lowest BCUT2D eigenvalue weighted by Gasteiger charge is -2.11. The van der Waals surface area contributed by atoms with E-state index in [1.54, 1.807) is 18.2 Å². The smallest absolute Gasteiger partial charge is 0.272 e. The van der Waals surface area contributed by atoms with Crippen LogP contribution in [0.2, 0.25) is 0 Å². The van der Waals surface area contributed by atoms with Crippen molar-refractivity contribution in [3.8, 4) is 5.75 Å². The zero-order valence-corrected chi connectivity index (χ0v) is 15.1. The van der Waals surface area contributed by atoms with Crippen LogP contribution in [-0.4, -0.2) is 18.4 Å². The van der Waals surface area contributed by atoms with Gasteiger partial charge >= 0.3 is 0 Å². The molecule has 0 bridgehead atoms. The summed E-state index contributed by atoms with van der Waals surface area (Å²) in [6.45, 7) is 4.11. The zero-order chi connectivity index (χ0) is 18.8. The van der Waals surface area contributed by atoms with E-state index in [1.807, 2.05) is 42.5 Å². The minimum Gasteiger partial charge on any atom is -0.494 e. The molecule has 0 atom stereocenters. The monoisotopic (exact) mass is 352 g/mol. The van der Waals surface area contributed by atoms with Crippen molar-refractivity contribution >= 4 is 23.6 Å². The van der Waals surface area contributed by atoms with Crippen LogP contribution in [-0.2, 0) is 9.59 Å². The molecule has 0 aromatic heterocycles. The fourth-order valence-corrected chi connectivity index (χ4v) is 2.26. The van der Waals surface area contributed by atoms with E-state index in [4.69, 9.17) is 4.74 Å². The summed E-state index contributed by atoms with van der Waals surface area (Å²) in [6, 6.07) is 16.5. The van der Waals surface area contributed by atoms with E-state index >= 15 is 0 Å². The maximum absolute atomic E-state index is 12.6. The number of hydrogen-bond acceptors (Lipinski definition) is 3. The average molecular weight is 352 g/mol. The van der Waals surface area contributed by atoms with Gasteiger partial charge in [0, 0.05) is 18.7 Å². The van der Waals surface area contributed by atoms with E-state index in [0.717, 1.165) is 18.4 Å². The number of unbranched alkanes of at least 4 members (excludes halogenated alkanes) is 1. The van der Waals surface area contributed by atoms with E-state index < -0.39 is 5.91 Å². The highest BCUT2D eigenvalue weighted by atomic mass is 16.5. The van der Waals surface area contributed by atoms with Crippen molar-refractivity contribution in [1.82, 2.24) is 5.32 Å². The summed E-state index contributed by atoms with van der Waals surface area (Å²) in [4.78, 5) is 24.0. The molecular weight excluding hydrogens is 328 g/mol. The quantitative estimate of drug-likeness (QED) is 0.558. The Morgan fingerprint density at radius 3 is 2.54 bits per heavy atom. The van der Waals surface area contributed by atoms with E-state index in [1.165, 1.54) is 6.92 Å². The minimum atomic E-state index is -0.394. The first kappa shape index (κ1) is 19.2. The van der Waals surface area contributed by atoms with Gasteiger partial charge in [-0.1, -0.05) is 49.7 Å². The van der Waals surface area contributed by atoms with E-state index in [-0.39, 0.29) is 11.6 Å². The molecule has 0 saturated carbocycles. The molecule has 136 valence electrons. The van der Waals surface area contributed by atoms with Crippen LogP contribution in [0.3, 0.4) is 0 Å². The Labute approximate surface area is 154 Å². The fraction of sp³-hybridized carbons (Fsp3) is 0.238. The van der Waals surface area contributed by atoms with Crippen molar-refractivity contribution in [3.63, 3.8) is 0 Å². The van der Waals surface area contributed by atoms with Gasteiger partial charge < -0.3 is 15.4 Å². The molecule has 2 amide bonds. The molecule has 5 nitrogen and oxygen atoms in total. The molecule has 0 unspecified atom stereocenters. The Hall–Kier alpha value is -3.08. The molecular formula is C21H24N2O3. The van der Waals surface area contributed by atoms with Gasteiger partial charge in [-0.15, -0.1) is 0 Å². The van der Waals surface area contributed by atoms with Gasteiger partial charge in [-0.3, -0.25) is 9.59 Å². The van der Waals surface area contributed by atoms with Gasteiger partial charge in [0.05, 0.1) is 6.61 Å². The van der Waals surface area contributed by atoms with Gasteiger partial charge in [0.1, 0.15) is 11.4 Å². The molecule has 0 fully saturated rings. The molecule has 5 heteroatoms. The van der Waals surface area contributed by atoms with Crippen molar-refractivity contribution in [1.29, 1.82) is 0 Å². The second-order valence-corrected chi connectivity index (χ2v) is 5.83. The molecule has 0 aliphatic rings. The Kier molecular flexibility index (Phi) is 7.43. The van der Waals surface area contributed by atoms with Crippen LogP contribution >= 0.6 is 0 Å². The molecule has 26 heavy (non-hydrogen) atoms. The van der Waals surface area contributed by atoms with Crippen molar-refractivity contribution in [2.75, 3.05) is 11.9 Å². The number of carbonyl (C=O) groups is 2. The van der Waals surface area contributed by atoms with Gasteiger partial charge in [-0.25, -0.2) is 0 Å². The lowest BCUT2D eigenvalue weighted by molar-refractivity contribution is -0.120. The second kappa shape index (κ2) is 10.0. The predicted octanol–water partition coefficient (Wildman–Crippen LogP) is 3.98. The van der Waals surface area contributed by atoms with Crippen molar-refractivity contribution in [3.05, 3.63) is 65.9 Å². The van der Waals surface area contributed by atoms with E-state index in [9.17, 15) is 9.59 Å². The number of anilines is 1. The Balaban J connectivity index is 2.13. The molecule has 0 radical (unpaired) electrons. The molecule has 2 rings (SSSR count). The molecule has 2 aromatic carbocycles. The summed E-state index contributed by atoms with van der Waals surface area (Å²) in [5, 5.41) is 5.38. The van der Waals surface area contributed by atoms with Crippen molar-refractivity contribution in [2.45, 2.75) is 26.7 Å². The molecule has 0 spiro atoms. The fourth-order valence-electron chi connectivity index (χ4n) is 2.26. The van der Waals surface area contributed by atoms with Crippen LogP contribution in [0, 0.1) is 0 Å². The maximum Gasteiger partial charge on any atom is 0.272 e. The summed E-state index contributed by atoms with van der Waals surface area (Å²) in [5.41, 5.74) is 1.61. The third-order valence-corrected chi connectivity index (χ3v) is 3.52. The predicted molar refractivity (Wildman–Crippen MR) is 104 cm³/mol. The van der Waals surface area contributed by atoms with Crippen LogP contribution in [0.15, 0.2) is 60.3 Å². The number of hydrogen-bond donors (Lipinski definition) is 2. The number of ether oxygens (including phenoxy) is 1. The van der Waals surface area contributed by atoms with Crippen LogP contribution < -0.4 is 15.4 Å². The Morgan fingerprint density at radius 1 is 1.08 bits per heavy atom. The van der Waals surface area contributed by atoms with Gasteiger partial charge in [0.25, 0.3) is 5.91 Å². The van der Waals surface area contributed by atoms with Crippen LogP contribution in [0.1, 0.15) is 32.3 Å². The largest absolute Gasteiger partial charge is 0.494 e. The Bertz CT molecular complexity index is 770. The normalized spacial score (nSPS) is 10.9. The Morgan fingerprint density at radius 2 is 1.85 bits per heavy atom. The molecule has 0 saturated heterocycles. The minimum absolute atomic E-state index is 0.181. The van der Waals surface area contributed by atoms with E-state index in [2.05, 4.69) is 17.6 Å². The van der Waals surface area contributed by atoms with E-state index in [0.29, 0.717) is 18.0 Å². The number of rotatable bonds is 8. The van der Waals surface area contributed by atoms with Gasteiger partial charge in [-0.2, -0.15) is 0 Å². The molecule has 2 aromatic rings. The third-order valence-electron chi connectivity index (χ3n) is 3.52. The lowest BCUT2D eigenvalue weighted by atomic mass is 10.2. The van der Waals surface area contributed by atoms with Gasteiger partial charge in [0.2, 0.25) is 5.91 Å². The number of nitrogens with one attached hydrogen (secondary N) is 2. The topological polar surface area (TPSA) is 67.4 Å². The van der Waals surface area contributed by atoms with Crippen LogP contribution in [0.5, 0.6) is 5.75 Å². The van der Waals surface area contributed by atoms with Crippen molar-refractivity contribution < 1.29 is 14.3 Å². The maximum atomic E-state index is 12.6. The first-order valence-electron chi connectivity index (χ1n) is 8.67. The SMILES string of the molecule is CCCCOc1cccc(NC(=O)/C(=C/c2ccccc2)NC(C)=O)c1. The molecule has 2 N–H and O–H groups in total. The van der Waals surface area contributed by atoms with Gasteiger partial charge in [0.15, 0.2) is 0 Å². The summed E-state index contributed by atoms with van der Waals surface area (Å²) < 4.78 is 5.65. The lowest BCUT2D eigenvalue weighted by Crippen LogP contribution is -2.28. The standard InChI is InChI=1S/C21H24N2O3/c1-3-4-13-26-19-12-8-11-18(15-19)23-21(25)20(22-16(2)24)14-17-9-6-5-7-10-17/h5-12,14-15H,3-4,13H2,1-2H3,(H,22,24)(H,23,25)/b20-14-. The van der Waals surface area contributed by atoms with Crippen molar-refractivity contribution in [2.24, 2.45) is 0 Å². The third kappa shape index (κ3) is 6.43. The summed E-state index contributed by atoms with van der Waals surface area (Å²) in [7, 11) is 0. The zero-order valence-electron chi connectivity index (χ0n) is 15.1. The highest BCUT2D eigenvalue weighted by Gasteiger charge is 2.12. The molecule has 0 aliphatic carbocycles. The molecule has 0 aliphatic heterocycles. The summed E-state index contributed by atoms with van der Waals surface area (Å²) in [6.07, 6.45) is 3.67. The average Bonchev–Trinajstić information content (AvgIpc) is 2.62. The van der Waals surface area contributed by atoms with Crippen LogP contribution in [0.4, 0.5) is 5.69 Å². The summed E-state index contributed by atoms with van der Waals surface area (Å²) >= 11 is 0. The number of amides is 2. The second-order valence-electron chi connectivity index (χ2n) is 5.83. The first-order chi connectivity index (χ1) is 12.6. The summed E-state index contributed by atoms with van der Waals surface area (Å²) in [5.74, 6) is -0.00175. The first-order valence-corrected chi connectivity index (χ1v) is 8.67. The number of benzene rings is 2.